The van der Waals surface area contributed by atoms with Crippen molar-refractivity contribution in [3.8, 4) is 0 Å². The second-order valence-corrected chi connectivity index (χ2v) is 7.04. The number of ketones is 2. The largest absolute Gasteiger partial charge is 0.289 e. The van der Waals surface area contributed by atoms with E-state index in [1.165, 1.54) is 0 Å². The molecule has 3 aliphatic rings. The molecule has 0 saturated heterocycles. The Balaban J connectivity index is 1.78. The predicted molar refractivity (Wildman–Crippen MR) is 94.8 cm³/mol. The number of allylic oxidation sites excluding steroid dienone is 3. The second kappa shape index (κ2) is 4.89. The Kier molecular flexibility index (Phi) is 2.79. The number of thioether (sulfide) groups is 1. The van der Waals surface area contributed by atoms with Gasteiger partial charge in [-0.05, 0) is 18.2 Å². The van der Waals surface area contributed by atoms with E-state index in [4.69, 9.17) is 4.99 Å². The molecule has 2 aliphatic carbocycles. The molecule has 0 radical (unpaired) electrons. The molecule has 2 aromatic carbocycles. The summed E-state index contributed by atoms with van der Waals surface area (Å²) in [6.07, 6.45) is 8.00. The number of hydrogen-bond acceptors (Lipinski definition) is 4. The fourth-order valence-electron chi connectivity index (χ4n) is 3.34. The van der Waals surface area contributed by atoms with Crippen molar-refractivity contribution < 1.29 is 9.59 Å². The summed E-state index contributed by atoms with van der Waals surface area (Å²) in [6.45, 7) is 0. The quantitative estimate of drug-likeness (QED) is 0.623. The number of nitrogens with zero attached hydrogens (tertiary/aromatic N) is 1. The lowest BCUT2D eigenvalue weighted by atomic mass is 9.83. The van der Waals surface area contributed by atoms with Gasteiger partial charge >= 0.3 is 0 Å². The van der Waals surface area contributed by atoms with Crippen molar-refractivity contribution in [2.24, 2.45) is 4.99 Å². The van der Waals surface area contributed by atoms with Gasteiger partial charge in [-0.2, -0.15) is 0 Å². The van der Waals surface area contributed by atoms with E-state index < -0.39 is 0 Å². The normalized spacial score (nSPS) is 20.0. The molecule has 114 valence electrons. The highest BCUT2D eigenvalue weighted by Gasteiger charge is 2.34. The number of benzene rings is 2. The van der Waals surface area contributed by atoms with Crippen LogP contribution in [-0.2, 0) is 0 Å². The molecule has 1 aliphatic heterocycles. The molecule has 0 N–H and O–H groups in total. The standard InChI is InChI=1S/C20H11NO2S/c22-19-11-5-1-2-6-12(11)20(23)17-13(19)9-10-16-18(17)21-14-7-3-4-8-15(14)24-16/h1-10,15H. The van der Waals surface area contributed by atoms with Crippen molar-refractivity contribution >= 4 is 34.7 Å². The first kappa shape index (κ1) is 13.7. The van der Waals surface area contributed by atoms with E-state index in [1.54, 1.807) is 42.1 Å². The van der Waals surface area contributed by atoms with Crippen molar-refractivity contribution in [1.82, 2.24) is 0 Å². The lowest BCUT2D eigenvalue weighted by Gasteiger charge is -2.26. The molecule has 0 amide bonds. The minimum atomic E-state index is -0.115. The molecule has 3 nitrogen and oxygen atoms in total. The summed E-state index contributed by atoms with van der Waals surface area (Å²) in [5, 5.41) is 0.169. The molecule has 5 rings (SSSR count). The fourth-order valence-corrected chi connectivity index (χ4v) is 4.44. The van der Waals surface area contributed by atoms with Gasteiger partial charge in [-0.25, -0.2) is 4.99 Å². The van der Waals surface area contributed by atoms with Crippen molar-refractivity contribution in [3.05, 3.63) is 83.0 Å². The van der Waals surface area contributed by atoms with E-state index in [2.05, 4.69) is 6.08 Å². The van der Waals surface area contributed by atoms with Crippen molar-refractivity contribution in [2.45, 2.75) is 10.1 Å². The summed E-state index contributed by atoms with van der Waals surface area (Å²) >= 11 is 1.67. The van der Waals surface area contributed by atoms with Crippen LogP contribution in [-0.4, -0.2) is 22.5 Å². The van der Waals surface area contributed by atoms with Crippen LogP contribution in [0.25, 0.3) is 0 Å². The summed E-state index contributed by atoms with van der Waals surface area (Å²) in [5.74, 6) is -0.217. The van der Waals surface area contributed by atoms with E-state index in [-0.39, 0.29) is 16.8 Å². The number of fused-ring (bicyclic) bond motifs is 5. The third-order valence-electron chi connectivity index (χ3n) is 4.48. The Hall–Kier alpha value is -2.72. The summed E-state index contributed by atoms with van der Waals surface area (Å²) in [7, 11) is 0. The highest BCUT2D eigenvalue weighted by Crippen LogP contribution is 2.45. The zero-order valence-corrected chi connectivity index (χ0v) is 13.3. The molecule has 4 heteroatoms. The molecule has 0 bridgehead atoms. The minimum Gasteiger partial charge on any atom is -0.289 e. The average molecular weight is 329 g/mol. The van der Waals surface area contributed by atoms with Gasteiger partial charge in [0.1, 0.15) is 0 Å². The smallest absolute Gasteiger partial charge is 0.196 e. The highest BCUT2D eigenvalue weighted by molar-refractivity contribution is 8.01. The van der Waals surface area contributed by atoms with Gasteiger partial charge in [0.2, 0.25) is 0 Å². The summed E-state index contributed by atoms with van der Waals surface area (Å²) in [4.78, 5) is 31.5. The maximum atomic E-state index is 13.0. The third kappa shape index (κ3) is 1.77. The topological polar surface area (TPSA) is 46.5 Å². The lowest BCUT2D eigenvalue weighted by molar-refractivity contribution is 0.0979. The van der Waals surface area contributed by atoms with E-state index in [0.29, 0.717) is 27.9 Å². The van der Waals surface area contributed by atoms with Crippen LogP contribution < -0.4 is 0 Å². The first-order chi connectivity index (χ1) is 11.7. The monoisotopic (exact) mass is 329 g/mol. The number of carbonyl (C=O) groups is 2. The minimum absolute atomic E-state index is 0.102. The maximum Gasteiger partial charge on any atom is 0.196 e. The molecule has 24 heavy (non-hydrogen) atoms. The van der Waals surface area contributed by atoms with Crippen LogP contribution in [0.15, 0.2) is 70.6 Å². The zero-order valence-electron chi connectivity index (χ0n) is 12.5. The molecule has 1 atom stereocenters. The van der Waals surface area contributed by atoms with Gasteiger partial charge in [0.15, 0.2) is 11.6 Å². The van der Waals surface area contributed by atoms with Crippen molar-refractivity contribution in [2.75, 3.05) is 0 Å². The molecule has 0 fully saturated rings. The van der Waals surface area contributed by atoms with Crippen LogP contribution in [0.5, 0.6) is 0 Å². The van der Waals surface area contributed by atoms with Crippen LogP contribution in [0.4, 0.5) is 5.69 Å². The Morgan fingerprint density at radius 1 is 0.875 bits per heavy atom. The predicted octanol–water partition coefficient (Wildman–Crippen LogP) is 4.13. The number of carbonyl (C=O) groups excluding carboxylic acids is 2. The van der Waals surface area contributed by atoms with Crippen LogP contribution in [0, 0.1) is 0 Å². The van der Waals surface area contributed by atoms with E-state index in [1.807, 2.05) is 24.3 Å². The number of rotatable bonds is 0. The molecular weight excluding hydrogens is 318 g/mol. The molecule has 0 spiro atoms. The fraction of sp³-hybridized carbons (Fsp3) is 0.0500. The number of hydrogen-bond donors (Lipinski definition) is 0. The van der Waals surface area contributed by atoms with E-state index in [9.17, 15) is 9.59 Å². The first-order valence-corrected chi connectivity index (χ1v) is 8.57. The molecule has 2 aromatic rings. The van der Waals surface area contributed by atoms with Crippen LogP contribution >= 0.6 is 11.8 Å². The van der Waals surface area contributed by atoms with Crippen LogP contribution in [0.3, 0.4) is 0 Å². The Morgan fingerprint density at radius 2 is 1.67 bits per heavy atom. The maximum absolute atomic E-state index is 13.0. The van der Waals surface area contributed by atoms with Gasteiger partial charge in [0.05, 0.1) is 22.2 Å². The summed E-state index contributed by atoms with van der Waals surface area (Å²) in [5.41, 5.74) is 3.40. The average Bonchev–Trinajstić information content (AvgIpc) is 2.63. The first-order valence-electron chi connectivity index (χ1n) is 7.69. The Bertz CT molecular complexity index is 1030. The van der Waals surface area contributed by atoms with Crippen LogP contribution in [0.2, 0.25) is 0 Å². The number of aliphatic imine (C=N–C) groups is 1. The van der Waals surface area contributed by atoms with Gasteiger partial charge in [0.25, 0.3) is 0 Å². The lowest BCUT2D eigenvalue weighted by Crippen LogP contribution is -2.23. The third-order valence-corrected chi connectivity index (χ3v) is 5.72. The molecule has 1 unspecified atom stereocenters. The van der Waals surface area contributed by atoms with Crippen molar-refractivity contribution in [1.29, 1.82) is 0 Å². The molecule has 0 saturated carbocycles. The van der Waals surface area contributed by atoms with Gasteiger partial charge in [-0.1, -0.05) is 42.5 Å². The van der Waals surface area contributed by atoms with E-state index >= 15 is 0 Å². The van der Waals surface area contributed by atoms with Gasteiger partial charge in [-0.15, -0.1) is 11.8 Å². The van der Waals surface area contributed by atoms with Gasteiger partial charge in [0, 0.05) is 21.6 Å². The Morgan fingerprint density at radius 3 is 2.50 bits per heavy atom. The summed E-state index contributed by atoms with van der Waals surface area (Å²) in [6, 6.07) is 10.7. The molecular formula is C20H11NO2S. The molecule has 1 heterocycles. The Labute approximate surface area is 142 Å². The van der Waals surface area contributed by atoms with E-state index in [0.717, 1.165) is 10.6 Å². The van der Waals surface area contributed by atoms with Crippen LogP contribution in [0.1, 0.15) is 31.8 Å². The zero-order chi connectivity index (χ0) is 16.3. The molecule has 0 aromatic heterocycles. The summed E-state index contributed by atoms with van der Waals surface area (Å²) < 4.78 is 0. The van der Waals surface area contributed by atoms with Gasteiger partial charge < -0.3 is 0 Å². The van der Waals surface area contributed by atoms with Gasteiger partial charge in [-0.3, -0.25) is 9.59 Å². The SMILES string of the molecule is O=C1c2ccccc2C(=O)c2c1ccc1c2N=C2C=CC=CC2S1. The highest BCUT2D eigenvalue weighted by atomic mass is 32.2. The second-order valence-electron chi connectivity index (χ2n) is 5.86. The van der Waals surface area contributed by atoms with Crippen molar-refractivity contribution in [3.63, 3.8) is 0 Å².